The van der Waals surface area contributed by atoms with E-state index in [2.05, 4.69) is 22.5 Å². The molecule has 1 aliphatic rings. The van der Waals surface area contributed by atoms with Crippen molar-refractivity contribution in [1.82, 2.24) is 9.78 Å². The molecule has 0 saturated carbocycles. The number of nitrogens with zero attached hydrogens (tertiary/aromatic N) is 3. The van der Waals surface area contributed by atoms with Crippen LogP contribution in [0.5, 0.6) is 0 Å². The zero-order valence-corrected chi connectivity index (χ0v) is 14.1. The van der Waals surface area contributed by atoms with Gasteiger partial charge < -0.3 is 20.1 Å². The highest BCUT2D eigenvalue weighted by Gasteiger charge is 2.27. The number of anilines is 2. The minimum atomic E-state index is -0.972. The lowest BCUT2D eigenvalue weighted by molar-refractivity contribution is -0.164. The second-order valence-corrected chi connectivity index (χ2v) is 6.81. The molecule has 124 valence electrons. The van der Waals surface area contributed by atoms with Crippen LogP contribution in [0.1, 0.15) is 20.8 Å². The monoisotopic (exact) mass is 316 g/mol. The van der Waals surface area contributed by atoms with Gasteiger partial charge in [-0.1, -0.05) is 6.07 Å². The molecule has 1 aliphatic heterocycles. The fraction of sp³-hybridized carbons (Fsp3) is 0.471. The van der Waals surface area contributed by atoms with Crippen LogP contribution in [-0.4, -0.2) is 40.0 Å². The predicted molar refractivity (Wildman–Crippen MR) is 91.3 cm³/mol. The fourth-order valence-corrected chi connectivity index (χ4v) is 2.71. The highest BCUT2D eigenvalue weighted by Crippen LogP contribution is 2.35. The SMILES string of the molecule is Cn1cc(-c2ccc3c(c2)N(C(O)OC(C)(C)C)CCN3)cn1. The number of hydrogen-bond acceptors (Lipinski definition) is 5. The Labute approximate surface area is 136 Å². The number of fused-ring (bicyclic) bond motifs is 1. The summed E-state index contributed by atoms with van der Waals surface area (Å²) < 4.78 is 7.50. The van der Waals surface area contributed by atoms with Crippen molar-refractivity contribution in [2.75, 3.05) is 23.3 Å². The summed E-state index contributed by atoms with van der Waals surface area (Å²) in [6.07, 6.45) is 2.84. The second kappa shape index (κ2) is 5.86. The number of hydrogen-bond donors (Lipinski definition) is 2. The van der Waals surface area contributed by atoms with Gasteiger partial charge in [-0.25, -0.2) is 0 Å². The first kappa shape index (κ1) is 15.8. The summed E-state index contributed by atoms with van der Waals surface area (Å²) in [6, 6.07) is 6.16. The fourth-order valence-electron chi connectivity index (χ4n) is 2.71. The topological polar surface area (TPSA) is 62.5 Å². The molecule has 0 bridgehead atoms. The van der Waals surface area contributed by atoms with E-state index in [0.29, 0.717) is 6.54 Å². The zero-order valence-electron chi connectivity index (χ0n) is 14.1. The molecule has 0 spiro atoms. The van der Waals surface area contributed by atoms with E-state index in [1.165, 1.54) is 0 Å². The third-order valence-corrected chi connectivity index (χ3v) is 3.74. The minimum absolute atomic E-state index is 0.411. The Balaban J connectivity index is 1.93. The molecule has 0 radical (unpaired) electrons. The molecule has 1 aromatic heterocycles. The van der Waals surface area contributed by atoms with Crippen molar-refractivity contribution in [2.45, 2.75) is 32.8 Å². The largest absolute Gasteiger partial charge is 0.382 e. The maximum atomic E-state index is 10.5. The standard InChI is InChI=1S/C17H24N4O2/c1-17(2,3)23-16(22)21-8-7-18-14-6-5-12(9-15(14)21)13-10-19-20(4)11-13/h5-6,9-11,16,18,22H,7-8H2,1-4H3. The number of benzene rings is 1. The molecule has 1 unspecified atom stereocenters. The Morgan fingerprint density at radius 2 is 2.09 bits per heavy atom. The molecule has 1 aromatic carbocycles. The third kappa shape index (κ3) is 3.48. The summed E-state index contributed by atoms with van der Waals surface area (Å²) in [6.45, 7) is 7.26. The predicted octanol–water partition coefficient (Wildman–Crippen LogP) is 2.41. The molecular formula is C17H24N4O2. The molecule has 23 heavy (non-hydrogen) atoms. The number of aryl methyl sites for hydroxylation is 1. The van der Waals surface area contributed by atoms with Crippen LogP contribution in [0.3, 0.4) is 0 Å². The van der Waals surface area contributed by atoms with Crippen molar-refractivity contribution in [1.29, 1.82) is 0 Å². The molecule has 3 rings (SSSR count). The van der Waals surface area contributed by atoms with E-state index in [9.17, 15) is 5.11 Å². The van der Waals surface area contributed by atoms with Gasteiger partial charge in [0.1, 0.15) is 0 Å². The molecule has 0 amide bonds. The summed E-state index contributed by atoms with van der Waals surface area (Å²) in [4.78, 5) is 1.89. The summed E-state index contributed by atoms with van der Waals surface area (Å²) >= 11 is 0. The molecule has 6 nitrogen and oxygen atoms in total. The average molecular weight is 316 g/mol. The van der Waals surface area contributed by atoms with Gasteiger partial charge >= 0.3 is 0 Å². The first-order valence-corrected chi connectivity index (χ1v) is 7.83. The molecule has 0 aliphatic carbocycles. The second-order valence-electron chi connectivity index (χ2n) is 6.81. The average Bonchev–Trinajstić information content (AvgIpc) is 2.91. The van der Waals surface area contributed by atoms with Crippen molar-refractivity contribution < 1.29 is 9.84 Å². The lowest BCUT2D eigenvalue weighted by Crippen LogP contribution is -2.46. The van der Waals surface area contributed by atoms with Crippen molar-refractivity contribution in [3.05, 3.63) is 30.6 Å². The van der Waals surface area contributed by atoms with Crippen LogP contribution in [0.25, 0.3) is 11.1 Å². The van der Waals surface area contributed by atoms with Gasteiger partial charge in [-0.15, -0.1) is 0 Å². The third-order valence-electron chi connectivity index (χ3n) is 3.74. The Morgan fingerprint density at radius 1 is 1.30 bits per heavy atom. The number of ether oxygens (including phenoxy) is 1. The van der Waals surface area contributed by atoms with Crippen LogP contribution in [0, 0.1) is 0 Å². The minimum Gasteiger partial charge on any atom is -0.382 e. The molecule has 2 heterocycles. The summed E-state index contributed by atoms with van der Waals surface area (Å²) in [5.41, 5.74) is 3.64. The zero-order chi connectivity index (χ0) is 16.6. The van der Waals surface area contributed by atoms with Crippen molar-refractivity contribution >= 4 is 11.4 Å². The lowest BCUT2D eigenvalue weighted by Gasteiger charge is -2.38. The molecule has 6 heteroatoms. The van der Waals surface area contributed by atoms with Gasteiger partial charge in [0, 0.05) is 31.9 Å². The van der Waals surface area contributed by atoms with E-state index in [-0.39, 0.29) is 0 Å². The highest BCUT2D eigenvalue weighted by atomic mass is 16.6. The van der Waals surface area contributed by atoms with Gasteiger partial charge in [0.05, 0.1) is 23.2 Å². The van der Waals surface area contributed by atoms with Crippen LogP contribution in [-0.2, 0) is 11.8 Å². The summed E-state index contributed by atoms with van der Waals surface area (Å²) in [7, 11) is 1.90. The van der Waals surface area contributed by atoms with E-state index in [1.807, 2.05) is 51.2 Å². The number of nitrogens with one attached hydrogen (secondary N) is 1. The number of aliphatic hydroxyl groups excluding tert-OH is 1. The Hall–Kier alpha value is -2.05. The van der Waals surface area contributed by atoms with E-state index < -0.39 is 12.0 Å². The van der Waals surface area contributed by atoms with Crippen LogP contribution < -0.4 is 10.2 Å². The molecule has 1 atom stereocenters. The highest BCUT2D eigenvalue weighted by molar-refractivity contribution is 5.79. The Bertz CT molecular complexity index is 690. The number of aliphatic hydroxyl groups is 1. The van der Waals surface area contributed by atoms with Gasteiger partial charge in [0.15, 0.2) is 0 Å². The quantitative estimate of drug-likeness (QED) is 0.852. The van der Waals surface area contributed by atoms with Gasteiger partial charge in [-0.2, -0.15) is 5.10 Å². The molecular weight excluding hydrogens is 292 g/mol. The van der Waals surface area contributed by atoms with Crippen LogP contribution in [0.15, 0.2) is 30.6 Å². The van der Waals surface area contributed by atoms with Gasteiger partial charge in [0.25, 0.3) is 0 Å². The number of aromatic nitrogens is 2. The van der Waals surface area contributed by atoms with E-state index in [4.69, 9.17) is 4.74 Å². The van der Waals surface area contributed by atoms with E-state index >= 15 is 0 Å². The smallest absolute Gasteiger partial charge is 0.238 e. The van der Waals surface area contributed by atoms with Crippen LogP contribution in [0.4, 0.5) is 11.4 Å². The molecule has 0 saturated heterocycles. The van der Waals surface area contributed by atoms with Crippen molar-refractivity contribution in [2.24, 2.45) is 7.05 Å². The molecule has 0 fully saturated rings. The van der Waals surface area contributed by atoms with Gasteiger partial charge in [-0.3, -0.25) is 4.68 Å². The number of rotatable bonds is 3. The Kier molecular flexibility index (Phi) is 4.04. The lowest BCUT2D eigenvalue weighted by atomic mass is 10.1. The maximum Gasteiger partial charge on any atom is 0.238 e. The normalized spacial score (nSPS) is 16.0. The summed E-state index contributed by atoms with van der Waals surface area (Å²) in [5, 5.41) is 18.1. The Morgan fingerprint density at radius 3 is 2.74 bits per heavy atom. The maximum absolute atomic E-state index is 10.5. The molecule has 2 aromatic rings. The van der Waals surface area contributed by atoms with Crippen LogP contribution >= 0.6 is 0 Å². The van der Waals surface area contributed by atoms with Crippen molar-refractivity contribution in [3.8, 4) is 11.1 Å². The van der Waals surface area contributed by atoms with Gasteiger partial charge in [-0.05, 0) is 38.5 Å². The van der Waals surface area contributed by atoms with E-state index in [1.54, 1.807) is 4.68 Å². The first-order valence-electron chi connectivity index (χ1n) is 7.83. The molecule has 2 N–H and O–H groups in total. The van der Waals surface area contributed by atoms with Crippen LogP contribution in [0.2, 0.25) is 0 Å². The summed E-state index contributed by atoms with van der Waals surface area (Å²) in [5.74, 6) is 0. The van der Waals surface area contributed by atoms with Gasteiger partial charge in [0.2, 0.25) is 6.41 Å². The van der Waals surface area contributed by atoms with E-state index in [0.717, 1.165) is 29.0 Å². The first-order chi connectivity index (χ1) is 10.8. The van der Waals surface area contributed by atoms with Crippen molar-refractivity contribution in [3.63, 3.8) is 0 Å².